The van der Waals surface area contributed by atoms with Crippen molar-refractivity contribution in [1.29, 1.82) is 0 Å². The molecule has 2 N–H and O–H groups in total. The molecule has 1 unspecified atom stereocenters. The maximum atomic E-state index is 15.1. The van der Waals surface area contributed by atoms with Gasteiger partial charge in [0.15, 0.2) is 5.72 Å². The number of methoxy groups -OCH3 is 1. The second kappa shape index (κ2) is 14.2. The van der Waals surface area contributed by atoms with E-state index in [0.29, 0.717) is 17.4 Å². The van der Waals surface area contributed by atoms with Crippen molar-refractivity contribution in [2.24, 2.45) is 0 Å². The van der Waals surface area contributed by atoms with E-state index in [4.69, 9.17) is 16.3 Å². The molecule has 2 heterocycles. The van der Waals surface area contributed by atoms with Crippen molar-refractivity contribution in [3.8, 4) is 5.75 Å². The largest absolute Gasteiger partial charge is 0.497 e. The molecule has 19 heteroatoms. The Hall–Kier alpha value is -6.40. The summed E-state index contributed by atoms with van der Waals surface area (Å²) in [6.07, 6.45) is -9.47. The molecule has 1 aromatic heterocycles. The highest BCUT2D eigenvalue weighted by atomic mass is 35.5. The zero-order valence-corrected chi connectivity index (χ0v) is 29.8. The summed E-state index contributed by atoms with van der Waals surface area (Å²) in [5.74, 6) is -8.66. The second-order valence-corrected chi connectivity index (χ2v) is 13.3. The van der Waals surface area contributed by atoms with Gasteiger partial charge in [0.1, 0.15) is 23.2 Å². The molecule has 1 aliphatic rings. The van der Waals surface area contributed by atoms with Crippen LogP contribution in [0.4, 0.5) is 45.2 Å². The lowest BCUT2D eigenvalue weighted by Gasteiger charge is -2.37. The molecule has 7 rings (SSSR count). The molecule has 1 aliphatic heterocycles. The normalized spacial score (nSPS) is 15.5. The summed E-state index contributed by atoms with van der Waals surface area (Å²) in [6.45, 7) is -0.532. The summed E-state index contributed by atoms with van der Waals surface area (Å²) in [4.78, 5) is 44.5. The minimum Gasteiger partial charge on any atom is -0.497 e. The summed E-state index contributed by atoms with van der Waals surface area (Å²) < 4.78 is 133. The summed E-state index contributed by atoms with van der Waals surface area (Å²) >= 11 is 6.54. The number of alkyl halides is 6. The first kappa shape index (κ1) is 39.8. The number of aromatic nitrogens is 2. The number of carbonyl (C=O) groups excluding carboxylic acids is 3. The second-order valence-electron chi connectivity index (χ2n) is 12.9. The lowest BCUT2D eigenvalue weighted by atomic mass is 9.89. The Kier molecular flexibility index (Phi) is 9.76. The Morgan fingerprint density at radius 1 is 0.828 bits per heavy atom. The molecule has 1 atom stereocenters. The maximum Gasteiger partial charge on any atom is 0.416 e. The Balaban J connectivity index is 1.57. The van der Waals surface area contributed by atoms with Crippen molar-refractivity contribution in [3.63, 3.8) is 0 Å². The van der Waals surface area contributed by atoms with Crippen molar-refractivity contribution in [3.05, 3.63) is 158 Å². The van der Waals surface area contributed by atoms with Crippen LogP contribution in [0.5, 0.6) is 5.75 Å². The SMILES string of the molecule is COc1ccc(CN2C(=O)c3c(c(N(C(=O)c4cc(F)cc(C(F)(F)F)c4)C(=O)c4cc(F)cc(C(F)(F)F)c4)cc4cn[nH]c34)C2(O)c2cc(F)ccc2Cl)cc1. The van der Waals surface area contributed by atoms with Gasteiger partial charge in [-0.05, 0) is 78.4 Å². The van der Waals surface area contributed by atoms with E-state index in [1.165, 1.54) is 31.4 Å². The molecule has 0 saturated carbocycles. The Morgan fingerprint density at radius 2 is 1.40 bits per heavy atom. The maximum absolute atomic E-state index is 15.1. The van der Waals surface area contributed by atoms with Gasteiger partial charge < -0.3 is 9.84 Å². The highest BCUT2D eigenvalue weighted by molar-refractivity contribution is 6.32. The van der Waals surface area contributed by atoms with Crippen molar-refractivity contribution in [1.82, 2.24) is 15.1 Å². The van der Waals surface area contributed by atoms with E-state index in [1.807, 2.05) is 0 Å². The van der Waals surface area contributed by atoms with Crippen LogP contribution in [0.2, 0.25) is 5.02 Å². The highest BCUT2D eigenvalue weighted by Crippen LogP contribution is 2.52. The number of benzene rings is 5. The quantitative estimate of drug-likeness (QED) is 0.123. The number of rotatable bonds is 7. The fourth-order valence-corrected chi connectivity index (χ4v) is 6.95. The van der Waals surface area contributed by atoms with Gasteiger partial charge in [-0.1, -0.05) is 23.7 Å². The summed E-state index contributed by atoms with van der Waals surface area (Å²) in [5, 5.41) is 19.0. The summed E-state index contributed by atoms with van der Waals surface area (Å²) in [5.41, 5.74) is -11.5. The third kappa shape index (κ3) is 6.87. The standard InChI is InChI=1S/C39H22ClF9N4O5/c1-58-27-5-2-18(3-6-27)17-52-36(56)31-32(37(52,57)28-15-24(41)4-7-29(28)40)30(12-21-16-50-51-33(21)31)53(34(54)19-8-22(38(44,45)46)13-25(42)10-19)35(55)20-9-23(39(47,48)49)14-26(43)11-20/h2-16,57H,17H2,1H3,(H,50,51). The lowest BCUT2D eigenvalue weighted by molar-refractivity contribution is -0.138. The number of imide groups is 1. The number of hydrogen-bond donors (Lipinski definition) is 2. The first-order chi connectivity index (χ1) is 27.2. The molecule has 0 radical (unpaired) electrons. The molecule has 298 valence electrons. The fraction of sp³-hybridized carbons (Fsp3) is 0.128. The molecule has 3 amide bonds. The Morgan fingerprint density at radius 3 is 1.93 bits per heavy atom. The average Bonchev–Trinajstić information content (AvgIpc) is 3.72. The number of hydrogen-bond acceptors (Lipinski definition) is 6. The van der Waals surface area contributed by atoms with E-state index in [2.05, 4.69) is 10.2 Å². The van der Waals surface area contributed by atoms with Crippen molar-refractivity contribution in [2.75, 3.05) is 12.0 Å². The number of halogens is 10. The van der Waals surface area contributed by atoms with Crippen molar-refractivity contribution >= 4 is 45.9 Å². The molecule has 0 bridgehead atoms. The third-order valence-corrected chi connectivity index (χ3v) is 9.64. The minimum atomic E-state index is -5.27. The molecule has 0 spiro atoms. The summed E-state index contributed by atoms with van der Waals surface area (Å²) in [6, 6.07) is 10.4. The fourth-order valence-electron chi connectivity index (χ4n) is 6.70. The molecule has 6 aromatic rings. The minimum absolute atomic E-state index is 0.0285. The Labute approximate surface area is 324 Å². The first-order valence-corrected chi connectivity index (χ1v) is 16.9. The highest BCUT2D eigenvalue weighted by Gasteiger charge is 2.55. The van der Waals surface area contributed by atoms with Gasteiger partial charge in [-0.25, -0.2) is 18.1 Å². The van der Waals surface area contributed by atoms with Crippen LogP contribution in [-0.4, -0.2) is 45.0 Å². The van der Waals surface area contributed by atoms with E-state index in [-0.39, 0.29) is 52.2 Å². The van der Waals surface area contributed by atoms with Gasteiger partial charge in [-0.3, -0.25) is 24.4 Å². The van der Waals surface area contributed by atoms with Crippen LogP contribution in [-0.2, 0) is 24.6 Å². The molecular formula is C39H22ClF9N4O5. The number of nitrogens with zero attached hydrogens (tertiary/aromatic N) is 3. The number of aromatic amines is 1. The van der Waals surface area contributed by atoms with E-state index in [1.54, 1.807) is 0 Å². The number of amides is 3. The molecule has 0 saturated heterocycles. The van der Waals surface area contributed by atoms with E-state index >= 15 is 4.39 Å². The number of carbonyl (C=O) groups is 3. The number of fused-ring (bicyclic) bond motifs is 3. The number of aliphatic hydroxyl groups is 1. The van der Waals surface area contributed by atoms with Crippen LogP contribution >= 0.6 is 11.6 Å². The van der Waals surface area contributed by atoms with Crippen molar-refractivity contribution in [2.45, 2.75) is 24.6 Å². The van der Waals surface area contributed by atoms with Gasteiger partial charge in [0.25, 0.3) is 17.7 Å². The monoisotopic (exact) mass is 832 g/mol. The van der Waals surface area contributed by atoms with Crippen LogP contribution in [0.1, 0.15) is 58.9 Å². The van der Waals surface area contributed by atoms with Gasteiger partial charge in [0.2, 0.25) is 0 Å². The zero-order valence-electron chi connectivity index (χ0n) is 29.1. The lowest BCUT2D eigenvalue weighted by Crippen LogP contribution is -2.46. The average molecular weight is 833 g/mol. The van der Waals surface area contributed by atoms with Crippen LogP contribution in [0.15, 0.2) is 91.1 Å². The topological polar surface area (TPSA) is 116 Å². The van der Waals surface area contributed by atoms with Gasteiger partial charge in [0, 0.05) is 39.2 Å². The van der Waals surface area contributed by atoms with Crippen molar-refractivity contribution < 1.29 is 63.7 Å². The number of nitrogens with one attached hydrogen (secondary N) is 1. The molecule has 58 heavy (non-hydrogen) atoms. The molecule has 5 aromatic carbocycles. The summed E-state index contributed by atoms with van der Waals surface area (Å²) in [7, 11) is 1.38. The predicted octanol–water partition coefficient (Wildman–Crippen LogP) is 9.02. The molecular weight excluding hydrogens is 811 g/mol. The van der Waals surface area contributed by atoms with Crippen LogP contribution < -0.4 is 9.64 Å². The Bertz CT molecular complexity index is 2590. The third-order valence-electron chi connectivity index (χ3n) is 9.31. The number of anilines is 1. The first-order valence-electron chi connectivity index (χ1n) is 16.5. The van der Waals surface area contributed by atoms with Gasteiger partial charge in [-0.2, -0.15) is 31.4 Å². The smallest absolute Gasteiger partial charge is 0.416 e. The van der Waals surface area contributed by atoms with Crippen LogP contribution in [0.25, 0.3) is 10.9 Å². The van der Waals surface area contributed by atoms with Crippen LogP contribution in [0.3, 0.4) is 0 Å². The number of H-pyrrole nitrogens is 1. The van der Waals surface area contributed by atoms with Gasteiger partial charge >= 0.3 is 12.4 Å². The molecule has 0 aliphatic carbocycles. The molecule has 9 nitrogen and oxygen atoms in total. The van der Waals surface area contributed by atoms with Crippen LogP contribution in [0, 0.1) is 17.5 Å². The van der Waals surface area contributed by atoms with Gasteiger partial charge in [-0.15, -0.1) is 0 Å². The number of ether oxygens (including phenoxy) is 1. The van der Waals surface area contributed by atoms with Gasteiger partial charge in [0.05, 0.1) is 41.2 Å². The van der Waals surface area contributed by atoms with E-state index in [9.17, 15) is 54.6 Å². The molecule has 0 fully saturated rings. The predicted molar refractivity (Wildman–Crippen MR) is 187 cm³/mol. The zero-order chi connectivity index (χ0) is 42.1. The van der Waals surface area contributed by atoms with E-state index in [0.717, 1.165) is 29.3 Å². The van der Waals surface area contributed by atoms with E-state index < -0.39 is 109 Å².